The molecule has 1 saturated carbocycles. The molecule has 0 aromatic heterocycles. The Morgan fingerprint density at radius 2 is 1.87 bits per heavy atom. The fourth-order valence-corrected chi connectivity index (χ4v) is 3.11. The van der Waals surface area contributed by atoms with E-state index in [1.54, 1.807) is 0 Å². The lowest BCUT2D eigenvalue weighted by atomic mass is 9.82. The molecule has 1 aromatic rings. The molecule has 1 fully saturated rings. The van der Waals surface area contributed by atoms with Gasteiger partial charge in [0, 0.05) is 6.92 Å². The van der Waals surface area contributed by atoms with Gasteiger partial charge in [-0.25, -0.2) is 0 Å². The highest BCUT2D eigenvalue weighted by molar-refractivity contribution is 5.80. The zero-order valence-corrected chi connectivity index (χ0v) is 13.5. The highest BCUT2D eigenvalue weighted by Crippen LogP contribution is 2.28. The minimum absolute atomic E-state index is 0.132. The number of hydrogen-bond acceptors (Lipinski definition) is 3. The van der Waals surface area contributed by atoms with Gasteiger partial charge >= 0.3 is 0 Å². The van der Waals surface area contributed by atoms with Crippen LogP contribution in [0.2, 0.25) is 0 Å². The normalized spacial score (nSPS) is 17.6. The molecule has 0 radical (unpaired) electrons. The third-order valence-electron chi connectivity index (χ3n) is 4.27. The van der Waals surface area contributed by atoms with E-state index in [1.165, 1.54) is 6.92 Å². The number of carbonyl (C=O) groups excluding carboxylic acids is 2. The highest BCUT2D eigenvalue weighted by Gasteiger charge is 2.34. The summed E-state index contributed by atoms with van der Waals surface area (Å²) in [7, 11) is 0. The summed E-state index contributed by atoms with van der Waals surface area (Å²) in [6, 6.07) is 11.3. The predicted octanol–water partition coefficient (Wildman–Crippen LogP) is 2.60. The number of carbonyl (C=O) groups is 2. The van der Waals surface area contributed by atoms with Gasteiger partial charge in [0.15, 0.2) is 0 Å². The van der Waals surface area contributed by atoms with Crippen molar-refractivity contribution in [2.75, 3.05) is 0 Å². The number of nitrogens with one attached hydrogen (secondary N) is 2. The average Bonchev–Trinajstić information content (AvgIpc) is 2.55. The summed E-state index contributed by atoms with van der Waals surface area (Å²) in [4.78, 5) is 23.9. The van der Waals surface area contributed by atoms with Crippen LogP contribution in [0.15, 0.2) is 30.3 Å². The Morgan fingerprint density at radius 3 is 2.43 bits per heavy atom. The number of amides is 2. The zero-order chi connectivity index (χ0) is 16.7. The first-order valence-corrected chi connectivity index (χ1v) is 8.09. The van der Waals surface area contributed by atoms with Crippen molar-refractivity contribution in [1.29, 1.82) is 5.26 Å². The zero-order valence-electron chi connectivity index (χ0n) is 13.5. The summed E-state index contributed by atoms with van der Waals surface area (Å²) in [5, 5.41) is 15.2. The van der Waals surface area contributed by atoms with Gasteiger partial charge in [0.05, 0.1) is 18.5 Å². The molecule has 122 valence electrons. The average molecular weight is 313 g/mol. The van der Waals surface area contributed by atoms with Gasteiger partial charge in [-0.15, -0.1) is 0 Å². The van der Waals surface area contributed by atoms with E-state index in [2.05, 4.69) is 16.7 Å². The second kappa shape index (κ2) is 7.77. The monoisotopic (exact) mass is 313 g/mol. The standard InChI is InChI=1S/C18H23N3O2/c1-14(22)20-16(15-8-4-2-5-9-15)12-17(23)21-18(13-19)10-6-3-7-11-18/h2,4-5,8-9,16H,3,6-7,10-12H2,1H3,(H,20,22)(H,21,23). The lowest BCUT2D eigenvalue weighted by Crippen LogP contribution is -2.49. The lowest BCUT2D eigenvalue weighted by molar-refractivity contribution is -0.124. The van der Waals surface area contributed by atoms with Crippen LogP contribution in [0.1, 0.15) is 57.1 Å². The van der Waals surface area contributed by atoms with E-state index in [9.17, 15) is 14.9 Å². The van der Waals surface area contributed by atoms with Crippen molar-refractivity contribution in [3.05, 3.63) is 35.9 Å². The first-order valence-electron chi connectivity index (χ1n) is 8.09. The maximum Gasteiger partial charge on any atom is 0.223 e. The third kappa shape index (κ3) is 4.82. The molecule has 0 heterocycles. The van der Waals surface area contributed by atoms with E-state index < -0.39 is 5.54 Å². The van der Waals surface area contributed by atoms with Crippen LogP contribution in [0.4, 0.5) is 0 Å². The van der Waals surface area contributed by atoms with Crippen molar-refractivity contribution in [3.8, 4) is 6.07 Å². The number of hydrogen-bond donors (Lipinski definition) is 2. The first-order chi connectivity index (χ1) is 11.0. The van der Waals surface area contributed by atoms with Crippen LogP contribution in [-0.4, -0.2) is 17.4 Å². The van der Waals surface area contributed by atoms with Crippen LogP contribution < -0.4 is 10.6 Å². The van der Waals surface area contributed by atoms with Gasteiger partial charge in [-0.05, 0) is 18.4 Å². The maximum absolute atomic E-state index is 12.4. The molecule has 2 amide bonds. The van der Waals surface area contributed by atoms with E-state index in [1.807, 2.05) is 30.3 Å². The Labute approximate surface area is 137 Å². The summed E-state index contributed by atoms with van der Waals surface area (Å²) in [5.41, 5.74) is 0.139. The summed E-state index contributed by atoms with van der Waals surface area (Å²) in [6.07, 6.45) is 4.56. The summed E-state index contributed by atoms with van der Waals surface area (Å²) >= 11 is 0. The fraction of sp³-hybridized carbons (Fsp3) is 0.500. The molecule has 23 heavy (non-hydrogen) atoms. The summed E-state index contributed by atoms with van der Waals surface area (Å²) in [6.45, 7) is 1.44. The van der Waals surface area contributed by atoms with E-state index >= 15 is 0 Å². The Morgan fingerprint density at radius 1 is 1.22 bits per heavy atom. The molecule has 0 bridgehead atoms. The number of nitriles is 1. The summed E-state index contributed by atoms with van der Waals surface area (Å²) < 4.78 is 0. The molecule has 1 aliphatic carbocycles. The fourth-order valence-electron chi connectivity index (χ4n) is 3.11. The minimum atomic E-state index is -0.743. The Hall–Kier alpha value is -2.35. The van der Waals surface area contributed by atoms with Gasteiger partial charge in [-0.2, -0.15) is 5.26 Å². The van der Waals surface area contributed by atoms with Crippen molar-refractivity contribution in [2.45, 2.75) is 57.0 Å². The second-order valence-corrected chi connectivity index (χ2v) is 6.17. The van der Waals surface area contributed by atoms with Crippen molar-refractivity contribution in [3.63, 3.8) is 0 Å². The minimum Gasteiger partial charge on any atom is -0.349 e. The van der Waals surface area contributed by atoms with E-state index in [4.69, 9.17) is 0 Å². The van der Waals surface area contributed by atoms with Crippen LogP contribution in [0.5, 0.6) is 0 Å². The molecule has 2 rings (SSSR count). The van der Waals surface area contributed by atoms with Gasteiger partial charge < -0.3 is 10.6 Å². The molecule has 0 saturated heterocycles. The Kier molecular flexibility index (Phi) is 5.75. The lowest BCUT2D eigenvalue weighted by Gasteiger charge is -2.32. The Balaban J connectivity index is 2.05. The van der Waals surface area contributed by atoms with Crippen LogP contribution in [0, 0.1) is 11.3 Å². The van der Waals surface area contributed by atoms with Crippen molar-refractivity contribution in [2.24, 2.45) is 0 Å². The molecular formula is C18H23N3O2. The molecule has 1 aliphatic rings. The molecule has 0 spiro atoms. The van der Waals surface area contributed by atoms with E-state index in [0.29, 0.717) is 12.8 Å². The van der Waals surface area contributed by atoms with Gasteiger partial charge in [-0.1, -0.05) is 49.6 Å². The van der Waals surface area contributed by atoms with E-state index in [0.717, 1.165) is 24.8 Å². The van der Waals surface area contributed by atoms with Crippen molar-refractivity contribution in [1.82, 2.24) is 10.6 Å². The smallest absolute Gasteiger partial charge is 0.223 e. The predicted molar refractivity (Wildman–Crippen MR) is 87.2 cm³/mol. The quantitative estimate of drug-likeness (QED) is 0.876. The van der Waals surface area contributed by atoms with Gasteiger partial charge in [-0.3, -0.25) is 9.59 Å². The van der Waals surface area contributed by atoms with Gasteiger partial charge in [0.25, 0.3) is 0 Å². The largest absolute Gasteiger partial charge is 0.349 e. The summed E-state index contributed by atoms with van der Waals surface area (Å²) in [5.74, 6) is -0.379. The van der Waals surface area contributed by atoms with Crippen molar-refractivity contribution >= 4 is 11.8 Å². The van der Waals surface area contributed by atoms with Crippen LogP contribution in [0.3, 0.4) is 0 Å². The van der Waals surface area contributed by atoms with E-state index in [-0.39, 0.29) is 24.3 Å². The van der Waals surface area contributed by atoms with Gasteiger partial charge in [0.2, 0.25) is 11.8 Å². The third-order valence-corrected chi connectivity index (χ3v) is 4.27. The maximum atomic E-state index is 12.4. The van der Waals surface area contributed by atoms with Crippen LogP contribution in [0.25, 0.3) is 0 Å². The van der Waals surface area contributed by atoms with Gasteiger partial charge in [0.1, 0.15) is 5.54 Å². The molecule has 1 unspecified atom stereocenters. The van der Waals surface area contributed by atoms with Crippen molar-refractivity contribution < 1.29 is 9.59 Å². The molecule has 1 atom stereocenters. The molecule has 0 aliphatic heterocycles. The molecule has 2 N–H and O–H groups in total. The number of nitrogens with zero attached hydrogens (tertiary/aromatic N) is 1. The first kappa shape index (κ1) is 17.0. The van der Waals surface area contributed by atoms with Crippen LogP contribution >= 0.6 is 0 Å². The SMILES string of the molecule is CC(=O)NC(CC(=O)NC1(C#N)CCCCC1)c1ccccc1. The highest BCUT2D eigenvalue weighted by atomic mass is 16.2. The number of rotatable bonds is 5. The molecule has 5 heteroatoms. The topological polar surface area (TPSA) is 82.0 Å². The van der Waals surface area contributed by atoms with Crippen LogP contribution in [-0.2, 0) is 9.59 Å². The molecule has 5 nitrogen and oxygen atoms in total. The molecule has 1 aromatic carbocycles. The Bertz CT molecular complexity index is 586. The molecular weight excluding hydrogens is 290 g/mol. The number of benzene rings is 1. The second-order valence-electron chi connectivity index (χ2n) is 6.17.